The van der Waals surface area contributed by atoms with Gasteiger partial charge < -0.3 is 14.6 Å². The molecule has 1 aliphatic heterocycles. The van der Waals surface area contributed by atoms with Crippen molar-refractivity contribution in [3.05, 3.63) is 64.9 Å². The van der Waals surface area contributed by atoms with Crippen LogP contribution in [0.15, 0.2) is 48.5 Å². The summed E-state index contributed by atoms with van der Waals surface area (Å²) >= 11 is 5.86. The summed E-state index contributed by atoms with van der Waals surface area (Å²) in [4.78, 5) is 2.14. The first-order chi connectivity index (χ1) is 13.1. The second-order valence-electron chi connectivity index (χ2n) is 6.87. The van der Waals surface area contributed by atoms with Crippen LogP contribution < -0.4 is 4.74 Å². The number of rotatable bonds is 9. The first-order valence-corrected chi connectivity index (χ1v) is 9.61. The van der Waals surface area contributed by atoms with Crippen molar-refractivity contribution < 1.29 is 19.0 Å². The van der Waals surface area contributed by atoms with E-state index in [0.29, 0.717) is 23.9 Å². The van der Waals surface area contributed by atoms with Gasteiger partial charge in [0.05, 0.1) is 6.10 Å². The van der Waals surface area contributed by atoms with E-state index in [1.807, 2.05) is 0 Å². The van der Waals surface area contributed by atoms with Crippen molar-refractivity contribution in [1.29, 1.82) is 0 Å². The lowest BCUT2D eigenvalue weighted by molar-refractivity contribution is 0.0313. The van der Waals surface area contributed by atoms with Crippen molar-refractivity contribution >= 4 is 11.6 Å². The number of ether oxygens (including phenoxy) is 2. The molecule has 2 atom stereocenters. The van der Waals surface area contributed by atoms with E-state index in [4.69, 9.17) is 21.1 Å². The molecule has 0 aliphatic carbocycles. The minimum Gasteiger partial charge on any atom is -0.491 e. The zero-order valence-electron chi connectivity index (χ0n) is 15.2. The van der Waals surface area contributed by atoms with Gasteiger partial charge in [-0.15, -0.1) is 0 Å². The van der Waals surface area contributed by atoms with Crippen molar-refractivity contribution in [2.75, 3.05) is 26.3 Å². The van der Waals surface area contributed by atoms with Crippen molar-refractivity contribution in [2.24, 2.45) is 0 Å². The van der Waals surface area contributed by atoms with Gasteiger partial charge in [-0.05, 0) is 54.8 Å². The Bertz CT molecular complexity index is 690. The predicted octanol–water partition coefficient (Wildman–Crippen LogP) is 3.90. The van der Waals surface area contributed by atoms with Gasteiger partial charge in [0.1, 0.15) is 24.3 Å². The smallest absolute Gasteiger partial charge is 0.123 e. The number of aliphatic hydroxyl groups is 1. The second-order valence-corrected chi connectivity index (χ2v) is 7.31. The molecule has 0 bridgehead atoms. The summed E-state index contributed by atoms with van der Waals surface area (Å²) in [5.41, 5.74) is 1.00. The number of hydrogen-bond donors (Lipinski definition) is 1. The van der Waals surface area contributed by atoms with E-state index in [-0.39, 0.29) is 18.5 Å². The lowest BCUT2D eigenvalue weighted by Crippen LogP contribution is -2.39. The Labute approximate surface area is 164 Å². The fraction of sp³-hybridized carbons (Fsp3) is 0.429. The Hall–Kier alpha value is -1.66. The SMILES string of the molecule is O[C@H](COc1ccc(Cl)cc1)CN(Cc1ccc(F)cc1)C[C@H]1CCCO1. The maximum Gasteiger partial charge on any atom is 0.123 e. The highest BCUT2D eigenvalue weighted by Crippen LogP contribution is 2.17. The van der Waals surface area contributed by atoms with E-state index in [1.54, 1.807) is 36.4 Å². The molecule has 0 unspecified atom stereocenters. The molecule has 2 aromatic carbocycles. The molecule has 146 valence electrons. The van der Waals surface area contributed by atoms with E-state index in [1.165, 1.54) is 12.1 Å². The van der Waals surface area contributed by atoms with Crippen LogP contribution in [0.3, 0.4) is 0 Å². The molecule has 1 N–H and O–H groups in total. The molecule has 4 nitrogen and oxygen atoms in total. The van der Waals surface area contributed by atoms with Crippen LogP contribution in [0.4, 0.5) is 4.39 Å². The van der Waals surface area contributed by atoms with Crippen molar-refractivity contribution in [3.63, 3.8) is 0 Å². The maximum atomic E-state index is 13.1. The highest BCUT2D eigenvalue weighted by Gasteiger charge is 2.21. The molecule has 1 heterocycles. The van der Waals surface area contributed by atoms with Gasteiger partial charge in [0.25, 0.3) is 0 Å². The van der Waals surface area contributed by atoms with Gasteiger partial charge in [0.15, 0.2) is 0 Å². The van der Waals surface area contributed by atoms with Crippen LogP contribution >= 0.6 is 11.6 Å². The summed E-state index contributed by atoms with van der Waals surface area (Å²) in [6, 6.07) is 13.5. The van der Waals surface area contributed by atoms with Crippen LogP contribution in [0.2, 0.25) is 5.02 Å². The van der Waals surface area contributed by atoms with Gasteiger partial charge in [0, 0.05) is 31.3 Å². The van der Waals surface area contributed by atoms with Gasteiger partial charge in [0.2, 0.25) is 0 Å². The Morgan fingerprint density at radius 2 is 1.93 bits per heavy atom. The maximum absolute atomic E-state index is 13.1. The largest absolute Gasteiger partial charge is 0.491 e. The molecule has 27 heavy (non-hydrogen) atoms. The molecule has 0 amide bonds. The second kappa shape index (κ2) is 10.0. The quantitative estimate of drug-likeness (QED) is 0.701. The Morgan fingerprint density at radius 1 is 1.19 bits per heavy atom. The zero-order chi connectivity index (χ0) is 19.1. The highest BCUT2D eigenvalue weighted by atomic mass is 35.5. The minimum atomic E-state index is -0.650. The molecule has 0 spiro atoms. The Balaban J connectivity index is 1.55. The van der Waals surface area contributed by atoms with Crippen molar-refractivity contribution in [1.82, 2.24) is 4.90 Å². The summed E-state index contributed by atoms with van der Waals surface area (Å²) in [7, 11) is 0. The molecule has 0 radical (unpaired) electrons. The molecule has 6 heteroatoms. The molecule has 1 saturated heterocycles. The lowest BCUT2D eigenvalue weighted by Gasteiger charge is -2.27. The van der Waals surface area contributed by atoms with Gasteiger partial charge in [-0.25, -0.2) is 4.39 Å². The van der Waals surface area contributed by atoms with Crippen LogP contribution in [-0.2, 0) is 11.3 Å². The molecule has 0 saturated carbocycles. The highest BCUT2D eigenvalue weighted by molar-refractivity contribution is 6.30. The van der Waals surface area contributed by atoms with Gasteiger partial charge in [-0.3, -0.25) is 4.90 Å². The van der Waals surface area contributed by atoms with Crippen LogP contribution in [-0.4, -0.2) is 48.5 Å². The Kier molecular flexibility index (Phi) is 7.47. The van der Waals surface area contributed by atoms with Crippen LogP contribution in [0.1, 0.15) is 18.4 Å². The van der Waals surface area contributed by atoms with Gasteiger partial charge in [-0.1, -0.05) is 23.7 Å². The van der Waals surface area contributed by atoms with Crippen molar-refractivity contribution in [3.8, 4) is 5.75 Å². The molecule has 3 rings (SSSR count). The fourth-order valence-corrected chi connectivity index (χ4v) is 3.33. The van der Waals surface area contributed by atoms with E-state index >= 15 is 0 Å². The van der Waals surface area contributed by atoms with Crippen molar-refractivity contribution in [2.45, 2.75) is 31.6 Å². The van der Waals surface area contributed by atoms with Crippen LogP contribution in [0, 0.1) is 5.82 Å². The monoisotopic (exact) mass is 393 g/mol. The predicted molar refractivity (Wildman–Crippen MR) is 104 cm³/mol. The van der Waals surface area contributed by atoms with E-state index in [0.717, 1.165) is 31.6 Å². The zero-order valence-corrected chi connectivity index (χ0v) is 15.9. The third kappa shape index (κ3) is 6.78. The van der Waals surface area contributed by atoms with Gasteiger partial charge >= 0.3 is 0 Å². The summed E-state index contributed by atoms with van der Waals surface area (Å²) in [5, 5.41) is 11.1. The summed E-state index contributed by atoms with van der Waals surface area (Å²) in [6.45, 7) is 2.78. The topological polar surface area (TPSA) is 41.9 Å². The minimum absolute atomic E-state index is 0.176. The number of aliphatic hydroxyl groups excluding tert-OH is 1. The first-order valence-electron chi connectivity index (χ1n) is 9.23. The van der Waals surface area contributed by atoms with Gasteiger partial charge in [-0.2, -0.15) is 0 Å². The normalized spacial score (nSPS) is 18.0. The summed E-state index contributed by atoms with van der Waals surface area (Å²) in [6.07, 6.45) is 1.62. The fourth-order valence-electron chi connectivity index (χ4n) is 3.20. The average Bonchev–Trinajstić information content (AvgIpc) is 3.16. The number of nitrogens with zero attached hydrogens (tertiary/aromatic N) is 1. The molecular formula is C21H25ClFNO3. The van der Waals surface area contributed by atoms with Crippen LogP contribution in [0.5, 0.6) is 5.75 Å². The molecule has 0 aromatic heterocycles. The lowest BCUT2D eigenvalue weighted by atomic mass is 10.1. The number of halogens is 2. The third-order valence-electron chi connectivity index (χ3n) is 4.53. The van der Waals surface area contributed by atoms with E-state index < -0.39 is 6.10 Å². The Morgan fingerprint density at radius 3 is 2.59 bits per heavy atom. The molecular weight excluding hydrogens is 369 g/mol. The average molecular weight is 394 g/mol. The van der Waals surface area contributed by atoms with E-state index in [9.17, 15) is 9.50 Å². The number of hydrogen-bond acceptors (Lipinski definition) is 4. The molecule has 1 fully saturated rings. The summed E-state index contributed by atoms with van der Waals surface area (Å²) in [5.74, 6) is 0.420. The summed E-state index contributed by atoms with van der Waals surface area (Å²) < 4.78 is 24.5. The number of benzene rings is 2. The van der Waals surface area contributed by atoms with E-state index in [2.05, 4.69) is 4.90 Å². The molecule has 1 aliphatic rings. The molecule has 2 aromatic rings. The third-order valence-corrected chi connectivity index (χ3v) is 4.78. The first kappa shape index (κ1) is 20.1. The van der Waals surface area contributed by atoms with Crippen LogP contribution in [0.25, 0.3) is 0 Å². The standard InChI is InChI=1S/C21H25ClFNO3/c22-17-5-9-20(10-6-17)27-15-19(25)13-24(14-21-2-1-11-26-21)12-16-3-7-18(23)8-4-16/h3-10,19,21,25H,1-2,11-15H2/t19-,21+/m0/s1.